The van der Waals surface area contributed by atoms with Gasteiger partial charge in [0.05, 0.1) is 5.92 Å². The number of amides is 1. The standard InChI is InChI=1S/C16H25N3O3/c1-2-3-8-14-17-15(22-18-14)12-6-4-9-19(11-12)16(20)13-7-5-10-21-13/h12-13H,2-11H2,1H3/t12-,13+/m0/s1. The minimum Gasteiger partial charge on any atom is -0.368 e. The fourth-order valence-corrected chi connectivity index (χ4v) is 3.22. The van der Waals surface area contributed by atoms with E-state index in [2.05, 4.69) is 17.1 Å². The summed E-state index contributed by atoms with van der Waals surface area (Å²) in [6.07, 6.45) is 6.65. The summed E-state index contributed by atoms with van der Waals surface area (Å²) in [6, 6.07) is 0. The smallest absolute Gasteiger partial charge is 0.251 e. The molecule has 6 nitrogen and oxygen atoms in total. The van der Waals surface area contributed by atoms with Crippen LogP contribution in [-0.2, 0) is 16.0 Å². The summed E-state index contributed by atoms with van der Waals surface area (Å²) < 4.78 is 10.9. The summed E-state index contributed by atoms with van der Waals surface area (Å²) in [5, 5.41) is 4.06. The van der Waals surface area contributed by atoms with Gasteiger partial charge in [0.1, 0.15) is 6.10 Å². The molecule has 0 N–H and O–H groups in total. The third-order valence-corrected chi connectivity index (χ3v) is 4.53. The van der Waals surface area contributed by atoms with Gasteiger partial charge in [-0.3, -0.25) is 4.79 Å². The molecule has 2 fully saturated rings. The lowest BCUT2D eigenvalue weighted by molar-refractivity contribution is -0.142. The topological polar surface area (TPSA) is 68.5 Å². The molecule has 0 aromatic carbocycles. The number of aromatic nitrogens is 2. The zero-order valence-corrected chi connectivity index (χ0v) is 13.3. The molecule has 1 aromatic heterocycles. The minimum absolute atomic E-state index is 0.132. The highest BCUT2D eigenvalue weighted by Gasteiger charge is 2.33. The Labute approximate surface area is 131 Å². The molecule has 0 unspecified atom stereocenters. The predicted octanol–water partition coefficient (Wildman–Crippen LogP) is 2.30. The van der Waals surface area contributed by atoms with Crippen molar-refractivity contribution in [1.29, 1.82) is 0 Å². The van der Waals surface area contributed by atoms with Crippen LogP contribution in [-0.4, -0.2) is 46.7 Å². The van der Waals surface area contributed by atoms with Crippen LogP contribution >= 0.6 is 0 Å². The van der Waals surface area contributed by atoms with Gasteiger partial charge in [0.25, 0.3) is 5.91 Å². The van der Waals surface area contributed by atoms with Crippen LogP contribution in [0.4, 0.5) is 0 Å². The SMILES string of the molecule is CCCCc1noc([C@H]2CCCN(C(=O)[C@H]3CCCO3)C2)n1. The van der Waals surface area contributed by atoms with Gasteiger partial charge in [-0.15, -0.1) is 0 Å². The van der Waals surface area contributed by atoms with E-state index in [0.717, 1.165) is 57.3 Å². The first-order valence-electron chi connectivity index (χ1n) is 8.50. The van der Waals surface area contributed by atoms with Crippen LogP contribution in [0.25, 0.3) is 0 Å². The van der Waals surface area contributed by atoms with Gasteiger partial charge in [0.15, 0.2) is 5.82 Å². The summed E-state index contributed by atoms with van der Waals surface area (Å²) in [6.45, 7) is 4.34. The minimum atomic E-state index is -0.235. The number of rotatable bonds is 5. The zero-order chi connectivity index (χ0) is 15.4. The van der Waals surface area contributed by atoms with Gasteiger partial charge in [-0.2, -0.15) is 4.98 Å². The third kappa shape index (κ3) is 3.48. The molecule has 3 heterocycles. The van der Waals surface area contributed by atoms with Crippen molar-refractivity contribution in [3.63, 3.8) is 0 Å². The first-order valence-corrected chi connectivity index (χ1v) is 8.50. The normalized spacial score (nSPS) is 25.6. The van der Waals surface area contributed by atoms with Crippen molar-refractivity contribution in [3.8, 4) is 0 Å². The summed E-state index contributed by atoms with van der Waals surface area (Å²) in [4.78, 5) is 18.9. The average molecular weight is 307 g/mol. The Hall–Kier alpha value is -1.43. The summed E-state index contributed by atoms with van der Waals surface area (Å²) in [5.41, 5.74) is 0. The van der Waals surface area contributed by atoms with Crippen LogP contribution < -0.4 is 0 Å². The lowest BCUT2D eigenvalue weighted by Gasteiger charge is -2.32. The van der Waals surface area contributed by atoms with E-state index in [1.165, 1.54) is 0 Å². The number of carbonyl (C=O) groups is 1. The fraction of sp³-hybridized carbons (Fsp3) is 0.812. The van der Waals surface area contributed by atoms with Crippen molar-refractivity contribution in [2.24, 2.45) is 0 Å². The molecule has 6 heteroatoms. The molecule has 1 aromatic rings. The highest BCUT2D eigenvalue weighted by Crippen LogP contribution is 2.27. The number of aryl methyl sites for hydroxylation is 1. The third-order valence-electron chi connectivity index (χ3n) is 4.53. The van der Waals surface area contributed by atoms with Crippen molar-refractivity contribution in [2.45, 2.75) is 63.9 Å². The molecule has 0 saturated carbocycles. The number of piperidine rings is 1. The van der Waals surface area contributed by atoms with Crippen molar-refractivity contribution in [3.05, 3.63) is 11.7 Å². The van der Waals surface area contributed by atoms with Crippen molar-refractivity contribution < 1.29 is 14.1 Å². The molecule has 3 rings (SSSR count). The van der Waals surface area contributed by atoms with E-state index < -0.39 is 0 Å². The summed E-state index contributed by atoms with van der Waals surface area (Å²) >= 11 is 0. The molecule has 2 aliphatic heterocycles. The molecule has 22 heavy (non-hydrogen) atoms. The Balaban J connectivity index is 1.60. The van der Waals surface area contributed by atoms with Crippen LogP contribution in [0.2, 0.25) is 0 Å². The number of ether oxygens (including phenoxy) is 1. The second-order valence-electron chi connectivity index (χ2n) is 6.28. The van der Waals surface area contributed by atoms with E-state index in [9.17, 15) is 4.79 Å². The number of carbonyl (C=O) groups excluding carboxylic acids is 1. The molecule has 0 bridgehead atoms. The quantitative estimate of drug-likeness (QED) is 0.835. The van der Waals surface area contributed by atoms with Gasteiger partial charge < -0.3 is 14.2 Å². The molecule has 0 radical (unpaired) electrons. The number of unbranched alkanes of at least 4 members (excludes halogenated alkanes) is 1. The van der Waals surface area contributed by atoms with Crippen LogP contribution in [0.5, 0.6) is 0 Å². The van der Waals surface area contributed by atoms with Gasteiger partial charge >= 0.3 is 0 Å². The van der Waals surface area contributed by atoms with E-state index in [-0.39, 0.29) is 17.9 Å². The van der Waals surface area contributed by atoms with Crippen LogP contribution in [0.1, 0.15) is 63.1 Å². The van der Waals surface area contributed by atoms with E-state index in [1.807, 2.05) is 4.90 Å². The zero-order valence-electron chi connectivity index (χ0n) is 13.3. The Bertz CT molecular complexity index is 497. The highest BCUT2D eigenvalue weighted by molar-refractivity contribution is 5.81. The van der Waals surface area contributed by atoms with Crippen LogP contribution in [0, 0.1) is 0 Å². The van der Waals surface area contributed by atoms with E-state index in [1.54, 1.807) is 0 Å². The molecule has 2 aliphatic rings. The van der Waals surface area contributed by atoms with E-state index >= 15 is 0 Å². The second kappa shape index (κ2) is 7.22. The Morgan fingerprint density at radius 2 is 2.27 bits per heavy atom. The lowest BCUT2D eigenvalue weighted by atomic mass is 9.97. The summed E-state index contributed by atoms with van der Waals surface area (Å²) in [5.74, 6) is 1.78. The van der Waals surface area contributed by atoms with Gasteiger partial charge in [0.2, 0.25) is 5.89 Å². The Kier molecular flexibility index (Phi) is 5.08. The predicted molar refractivity (Wildman–Crippen MR) is 80.4 cm³/mol. The first-order chi connectivity index (χ1) is 10.8. The molecule has 0 aliphatic carbocycles. The molecule has 2 saturated heterocycles. The lowest BCUT2D eigenvalue weighted by Crippen LogP contribution is -2.44. The van der Waals surface area contributed by atoms with E-state index in [4.69, 9.17) is 9.26 Å². The average Bonchev–Trinajstić information content (AvgIpc) is 3.24. The maximum absolute atomic E-state index is 12.5. The largest absolute Gasteiger partial charge is 0.368 e. The van der Waals surface area contributed by atoms with Gasteiger partial charge in [-0.1, -0.05) is 18.5 Å². The monoisotopic (exact) mass is 307 g/mol. The molecular formula is C16H25N3O3. The van der Waals surface area contributed by atoms with Crippen molar-refractivity contribution >= 4 is 5.91 Å². The number of likely N-dealkylation sites (tertiary alicyclic amines) is 1. The van der Waals surface area contributed by atoms with Gasteiger partial charge in [-0.05, 0) is 32.1 Å². The van der Waals surface area contributed by atoms with E-state index in [0.29, 0.717) is 19.0 Å². The Morgan fingerprint density at radius 1 is 1.36 bits per heavy atom. The maximum atomic E-state index is 12.5. The molecule has 0 spiro atoms. The number of hydrogen-bond acceptors (Lipinski definition) is 5. The van der Waals surface area contributed by atoms with Crippen LogP contribution in [0.3, 0.4) is 0 Å². The van der Waals surface area contributed by atoms with Crippen molar-refractivity contribution in [2.75, 3.05) is 19.7 Å². The maximum Gasteiger partial charge on any atom is 0.251 e. The highest BCUT2D eigenvalue weighted by atomic mass is 16.5. The molecular weight excluding hydrogens is 282 g/mol. The van der Waals surface area contributed by atoms with Gasteiger partial charge in [0, 0.05) is 26.1 Å². The van der Waals surface area contributed by atoms with Crippen LogP contribution in [0.15, 0.2) is 4.52 Å². The number of nitrogens with zero attached hydrogens (tertiary/aromatic N) is 3. The molecule has 2 atom stereocenters. The first kappa shape index (κ1) is 15.5. The Morgan fingerprint density at radius 3 is 3.05 bits per heavy atom. The summed E-state index contributed by atoms with van der Waals surface area (Å²) in [7, 11) is 0. The number of hydrogen-bond donors (Lipinski definition) is 0. The second-order valence-corrected chi connectivity index (χ2v) is 6.28. The van der Waals surface area contributed by atoms with Crippen molar-refractivity contribution in [1.82, 2.24) is 15.0 Å². The van der Waals surface area contributed by atoms with Gasteiger partial charge in [-0.25, -0.2) is 0 Å². The molecule has 1 amide bonds. The fourth-order valence-electron chi connectivity index (χ4n) is 3.22. The molecule has 122 valence electrons.